The lowest BCUT2D eigenvalue weighted by molar-refractivity contribution is -0.147. The molecule has 1 atom stereocenters. The number of hydrogen-bond acceptors (Lipinski definition) is 6. The second-order valence-electron chi connectivity index (χ2n) is 5.59. The van der Waals surface area contributed by atoms with Gasteiger partial charge in [0.25, 0.3) is 0 Å². The average molecular weight is 328 g/mol. The van der Waals surface area contributed by atoms with Gasteiger partial charge < -0.3 is 14.4 Å². The molecule has 6 heteroatoms. The summed E-state index contributed by atoms with van der Waals surface area (Å²) in [6, 6.07) is 9.79. The molecule has 0 bridgehead atoms. The van der Waals surface area contributed by atoms with Crippen LogP contribution in [0.3, 0.4) is 0 Å². The van der Waals surface area contributed by atoms with Gasteiger partial charge in [-0.2, -0.15) is 5.26 Å². The number of carbonyl (C=O) groups excluding carboxylic acids is 2. The van der Waals surface area contributed by atoms with Gasteiger partial charge in [0, 0.05) is 13.6 Å². The number of carbonyl (C=O) groups is 2. The molecule has 0 saturated heterocycles. The predicted molar refractivity (Wildman–Crippen MR) is 86.6 cm³/mol. The summed E-state index contributed by atoms with van der Waals surface area (Å²) in [6.07, 6.45) is 0.993. The molecule has 0 amide bonds. The Bertz CT molecular complexity index is 718. The number of methoxy groups -OCH3 is 2. The molecule has 0 spiro atoms. The quantitative estimate of drug-likeness (QED) is 0.765. The van der Waals surface area contributed by atoms with Gasteiger partial charge in [-0.05, 0) is 24.0 Å². The van der Waals surface area contributed by atoms with Crippen molar-refractivity contribution in [2.45, 2.75) is 12.8 Å². The molecule has 1 aliphatic rings. The number of likely N-dealkylation sites (N-methyl/N-ethyl adjacent to an activating group) is 1. The molecule has 1 aromatic rings. The third-order valence-corrected chi connectivity index (χ3v) is 4.24. The molecule has 0 radical (unpaired) electrons. The molecule has 1 heterocycles. The van der Waals surface area contributed by atoms with Gasteiger partial charge in [-0.3, -0.25) is 4.79 Å². The van der Waals surface area contributed by atoms with E-state index in [1.165, 1.54) is 14.2 Å². The Morgan fingerprint density at radius 2 is 1.88 bits per heavy atom. The van der Waals surface area contributed by atoms with Crippen molar-refractivity contribution in [3.05, 3.63) is 46.7 Å². The minimum Gasteiger partial charge on any atom is -0.469 e. The minimum atomic E-state index is -0.890. The Kier molecular flexibility index (Phi) is 5.59. The van der Waals surface area contributed by atoms with Gasteiger partial charge in [0.15, 0.2) is 0 Å². The summed E-state index contributed by atoms with van der Waals surface area (Å²) in [5.74, 6) is -2.14. The van der Waals surface area contributed by atoms with Gasteiger partial charge in [-0.15, -0.1) is 0 Å². The van der Waals surface area contributed by atoms with Crippen LogP contribution in [0.4, 0.5) is 0 Å². The monoisotopic (exact) mass is 328 g/mol. The average Bonchev–Trinajstić information content (AvgIpc) is 2.67. The predicted octanol–water partition coefficient (Wildman–Crippen LogP) is 1.46. The van der Waals surface area contributed by atoms with E-state index in [4.69, 9.17) is 9.47 Å². The van der Waals surface area contributed by atoms with E-state index in [0.29, 0.717) is 13.0 Å². The fraction of sp³-hybridized carbons (Fsp3) is 0.389. The number of nitriles is 1. The molecule has 0 aromatic heterocycles. The van der Waals surface area contributed by atoms with Gasteiger partial charge in [0.05, 0.1) is 25.7 Å². The number of esters is 2. The lowest BCUT2D eigenvalue weighted by Gasteiger charge is -2.22. The molecule has 0 saturated carbocycles. The molecule has 0 N–H and O–H groups in total. The van der Waals surface area contributed by atoms with Crippen LogP contribution < -0.4 is 0 Å². The van der Waals surface area contributed by atoms with Crippen molar-refractivity contribution in [2.24, 2.45) is 5.92 Å². The number of nitrogens with zero attached hydrogens (tertiary/aromatic N) is 2. The van der Waals surface area contributed by atoms with Crippen molar-refractivity contribution >= 4 is 11.9 Å². The Morgan fingerprint density at radius 3 is 2.46 bits per heavy atom. The van der Waals surface area contributed by atoms with Crippen LogP contribution in [0.1, 0.15) is 11.1 Å². The fourth-order valence-electron chi connectivity index (χ4n) is 2.93. The van der Waals surface area contributed by atoms with Crippen molar-refractivity contribution in [1.82, 2.24) is 4.90 Å². The van der Waals surface area contributed by atoms with Crippen molar-refractivity contribution in [3.63, 3.8) is 0 Å². The summed E-state index contributed by atoms with van der Waals surface area (Å²) >= 11 is 0. The lowest BCUT2D eigenvalue weighted by Crippen LogP contribution is -2.30. The normalized spacial score (nSPS) is 20.8. The fourth-order valence-corrected chi connectivity index (χ4v) is 2.93. The Morgan fingerprint density at radius 1 is 1.21 bits per heavy atom. The molecular weight excluding hydrogens is 308 g/mol. The number of rotatable bonds is 2. The smallest absolute Gasteiger partial charge is 0.337 e. The number of ether oxygens (including phenoxy) is 2. The van der Waals surface area contributed by atoms with Crippen molar-refractivity contribution in [1.29, 1.82) is 5.26 Å². The zero-order chi connectivity index (χ0) is 17.7. The first-order valence-electron chi connectivity index (χ1n) is 7.61. The Labute approximate surface area is 141 Å². The molecule has 2 rings (SSSR count). The summed E-state index contributed by atoms with van der Waals surface area (Å²) in [4.78, 5) is 26.4. The van der Waals surface area contributed by atoms with Gasteiger partial charge in [0.1, 0.15) is 11.8 Å². The SMILES string of the molecule is COC(=O)/C1=C(\C#N)N(C)CCc2ccccc2CC1C(=O)OC. The third kappa shape index (κ3) is 3.40. The highest BCUT2D eigenvalue weighted by atomic mass is 16.5. The molecule has 1 aliphatic heterocycles. The van der Waals surface area contributed by atoms with Gasteiger partial charge in [-0.25, -0.2) is 4.79 Å². The summed E-state index contributed by atoms with van der Waals surface area (Å²) in [6.45, 7) is 0.550. The largest absolute Gasteiger partial charge is 0.469 e. The van der Waals surface area contributed by atoms with Crippen LogP contribution in [0.2, 0.25) is 0 Å². The van der Waals surface area contributed by atoms with Crippen LogP contribution in [0.5, 0.6) is 0 Å². The molecule has 0 fully saturated rings. The second-order valence-corrected chi connectivity index (χ2v) is 5.59. The maximum absolute atomic E-state index is 12.4. The van der Waals surface area contributed by atoms with E-state index in [9.17, 15) is 14.9 Å². The third-order valence-electron chi connectivity index (χ3n) is 4.24. The lowest BCUT2D eigenvalue weighted by atomic mass is 9.88. The van der Waals surface area contributed by atoms with Crippen molar-refractivity contribution in [2.75, 3.05) is 27.8 Å². The maximum atomic E-state index is 12.4. The van der Waals surface area contributed by atoms with Crippen LogP contribution in [0, 0.1) is 17.2 Å². The zero-order valence-corrected chi connectivity index (χ0v) is 14.0. The van der Waals surface area contributed by atoms with Crippen LogP contribution in [-0.2, 0) is 31.9 Å². The van der Waals surface area contributed by atoms with Crippen LogP contribution in [0.15, 0.2) is 35.5 Å². The van der Waals surface area contributed by atoms with Crippen LogP contribution in [0.25, 0.3) is 0 Å². The highest BCUT2D eigenvalue weighted by molar-refractivity contribution is 5.97. The number of allylic oxidation sites excluding steroid dienone is 1. The van der Waals surface area contributed by atoms with Crippen LogP contribution in [-0.4, -0.2) is 44.7 Å². The molecule has 1 unspecified atom stereocenters. The summed E-state index contributed by atoms with van der Waals surface area (Å²) < 4.78 is 9.72. The van der Waals surface area contributed by atoms with Gasteiger partial charge >= 0.3 is 11.9 Å². The molecule has 1 aromatic carbocycles. The van der Waals surface area contributed by atoms with Gasteiger partial charge in [-0.1, -0.05) is 24.3 Å². The van der Waals surface area contributed by atoms with Crippen molar-refractivity contribution < 1.29 is 19.1 Å². The maximum Gasteiger partial charge on any atom is 0.337 e. The van der Waals surface area contributed by atoms with E-state index in [1.807, 2.05) is 30.3 Å². The van der Waals surface area contributed by atoms with E-state index >= 15 is 0 Å². The minimum absolute atomic E-state index is 0.0473. The van der Waals surface area contributed by atoms with E-state index in [1.54, 1.807) is 11.9 Å². The summed E-state index contributed by atoms with van der Waals surface area (Å²) in [7, 11) is 4.23. The summed E-state index contributed by atoms with van der Waals surface area (Å²) in [5, 5.41) is 9.56. The van der Waals surface area contributed by atoms with E-state index in [-0.39, 0.29) is 17.7 Å². The first-order valence-corrected chi connectivity index (χ1v) is 7.61. The van der Waals surface area contributed by atoms with E-state index in [2.05, 4.69) is 0 Å². The molecule has 6 nitrogen and oxygen atoms in total. The van der Waals surface area contributed by atoms with Crippen molar-refractivity contribution in [3.8, 4) is 6.07 Å². The first-order chi connectivity index (χ1) is 11.5. The standard InChI is InChI=1S/C18H20N2O4/c1-20-9-8-12-6-4-5-7-13(12)10-14(17(21)23-2)16(15(20)11-19)18(22)24-3/h4-7,14H,8-10H2,1-3H3/b16-15+. The number of fused-ring (bicyclic) bond motifs is 1. The highest BCUT2D eigenvalue weighted by Crippen LogP contribution is 2.28. The molecule has 126 valence electrons. The highest BCUT2D eigenvalue weighted by Gasteiger charge is 2.35. The van der Waals surface area contributed by atoms with Crippen LogP contribution >= 0.6 is 0 Å². The van der Waals surface area contributed by atoms with Gasteiger partial charge in [0.2, 0.25) is 0 Å². The zero-order valence-electron chi connectivity index (χ0n) is 14.0. The number of hydrogen-bond donors (Lipinski definition) is 0. The second kappa shape index (κ2) is 7.64. The van der Waals surface area contributed by atoms with E-state index < -0.39 is 17.9 Å². The molecule has 24 heavy (non-hydrogen) atoms. The first kappa shape index (κ1) is 17.5. The molecule has 0 aliphatic carbocycles. The van der Waals surface area contributed by atoms with E-state index in [0.717, 1.165) is 11.1 Å². The molecular formula is C18H20N2O4. The summed E-state index contributed by atoms with van der Waals surface area (Å²) in [5.41, 5.74) is 2.24. The topological polar surface area (TPSA) is 79.6 Å². The number of benzene rings is 1. The Balaban J connectivity index is 2.66. The Hall–Kier alpha value is -2.81.